The van der Waals surface area contributed by atoms with Gasteiger partial charge in [0.25, 0.3) is 5.56 Å². The molecule has 222 valence electrons. The number of carbonyl (C=O) groups excluding carboxylic acids is 1. The lowest BCUT2D eigenvalue weighted by atomic mass is 10.1. The van der Waals surface area contributed by atoms with E-state index < -0.39 is 0 Å². The number of likely N-dealkylation sites (N-methyl/N-ethyl adjacent to an activating group) is 1. The fraction of sp³-hybridized carbons (Fsp3) is 0.414. The van der Waals surface area contributed by atoms with E-state index in [4.69, 9.17) is 0 Å². The van der Waals surface area contributed by atoms with Crippen LogP contribution in [-0.2, 0) is 20.6 Å². The van der Waals surface area contributed by atoms with Crippen LogP contribution in [0.1, 0.15) is 35.1 Å². The molecular weight excluding hydrogens is 536 g/mol. The molecule has 5 rings (SSSR count). The van der Waals surface area contributed by atoms with Crippen molar-refractivity contribution in [3.05, 3.63) is 70.2 Å². The van der Waals surface area contributed by atoms with Gasteiger partial charge in [0, 0.05) is 89.8 Å². The minimum atomic E-state index is -0.232. The number of carbonyl (C=O) groups is 1. The summed E-state index contributed by atoms with van der Waals surface area (Å²) in [4.78, 5) is 44.1. The van der Waals surface area contributed by atoms with Gasteiger partial charge in [0.15, 0.2) is 5.82 Å². The number of H-pyrrole nitrogens is 1. The third kappa shape index (κ3) is 6.43. The zero-order valence-electron chi connectivity index (χ0n) is 24.5. The topological polar surface area (TPSA) is 149 Å². The van der Waals surface area contributed by atoms with E-state index in [0.29, 0.717) is 40.6 Å². The quantitative estimate of drug-likeness (QED) is 0.195. The van der Waals surface area contributed by atoms with E-state index in [-0.39, 0.29) is 29.8 Å². The standard InChI is InChI=1S/C29H38N10O3/c1-19(8-14-40)33-23-15-26(34-25-7-9-30-28(35-25)22-17-32-38(4)29(22)42)31-16-21(23)27(41)24-6-5-20(37(24)3)18-39-12-10-36(2)11-13-39/h5-7,9,15-17,19,32,40H,8,10-14,18H2,1-4H3,(H2,30,31,33,34,35)/t19-/m0/s1. The van der Waals surface area contributed by atoms with Crippen molar-refractivity contribution in [3.8, 4) is 11.4 Å². The maximum Gasteiger partial charge on any atom is 0.277 e. The normalized spacial score (nSPS) is 15.1. The minimum absolute atomic E-state index is 0.0173. The lowest BCUT2D eigenvalue weighted by Crippen LogP contribution is -2.44. The third-order valence-electron chi connectivity index (χ3n) is 7.64. The van der Waals surface area contributed by atoms with Gasteiger partial charge in [0.05, 0.1) is 16.9 Å². The molecule has 0 aliphatic carbocycles. The molecule has 42 heavy (non-hydrogen) atoms. The van der Waals surface area contributed by atoms with Crippen molar-refractivity contribution in [3.63, 3.8) is 0 Å². The van der Waals surface area contributed by atoms with Crippen LogP contribution in [0.15, 0.2) is 47.7 Å². The van der Waals surface area contributed by atoms with Gasteiger partial charge in [0.1, 0.15) is 17.2 Å². The summed E-state index contributed by atoms with van der Waals surface area (Å²) in [5.74, 6) is 1.03. The molecule has 13 heteroatoms. The second-order valence-corrected chi connectivity index (χ2v) is 10.8. The van der Waals surface area contributed by atoms with Crippen LogP contribution in [0.5, 0.6) is 0 Å². The number of aliphatic hydroxyl groups is 1. The van der Waals surface area contributed by atoms with Gasteiger partial charge in [-0.2, -0.15) is 0 Å². The second kappa shape index (κ2) is 12.7. The number of aromatic nitrogens is 6. The number of nitrogens with one attached hydrogen (secondary N) is 3. The van der Waals surface area contributed by atoms with E-state index in [1.54, 1.807) is 37.8 Å². The Morgan fingerprint density at radius 3 is 2.60 bits per heavy atom. The molecule has 1 aliphatic rings. The number of aromatic amines is 1. The highest BCUT2D eigenvalue weighted by molar-refractivity contribution is 6.11. The highest BCUT2D eigenvalue weighted by Gasteiger charge is 2.22. The van der Waals surface area contributed by atoms with Gasteiger partial charge in [-0.1, -0.05) is 0 Å². The van der Waals surface area contributed by atoms with Crippen molar-refractivity contribution in [1.82, 2.24) is 39.1 Å². The predicted molar refractivity (Wildman–Crippen MR) is 161 cm³/mol. The molecular formula is C29H38N10O3. The number of aliphatic hydroxyl groups excluding tert-OH is 1. The van der Waals surface area contributed by atoms with E-state index in [1.165, 1.54) is 4.68 Å². The summed E-state index contributed by atoms with van der Waals surface area (Å²) >= 11 is 0. The number of anilines is 3. The molecule has 0 radical (unpaired) electrons. The summed E-state index contributed by atoms with van der Waals surface area (Å²) in [7, 11) is 5.68. The average molecular weight is 575 g/mol. The molecule has 1 saturated heterocycles. The molecule has 4 aromatic heterocycles. The maximum absolute atomic E-state index is 13.8. The summed E-state index contributed by atoms with van der Waals surface area (Å²) in [6.07, 6.45) is 5.19. The van der Waals surface area contributed by atoms with Crippen LogP contribution in [-0.4, -0.2) is 95.9 Å². The van der Waals surface area contributed by atoms with E-state index in [2.05, 4.69) is 47.5 Å². The lowest BCUT2D eigenvalue weighted by molar-refractivity contribution is 0.103. The zero-order chi connectivity index (χ0) is 29.8. The number of piperazine rings is 1. The fourth-order valence-corrected chi connectivity index (χ4v) is 4.98. The number of hydrogen-bond acceptors (Lipinski definition) is 10. The first-order valence-electron chi connectivity index (χ1n) is 14.1. The molecule has 1 atom stereocenters. The Morgan fingerprint density at radius 2 is 1.88 bits per heavy atom. The Hall–Kier alpha value is -4.33. The minimum Gasteiger partial charge on any atom is -0.396 e. The van der Waals surface area contributed by atoms with Crippen molar-refractivity contribution in [2.24, 2.45) is 14.1 Å². The third-order valence-corrected chi connectivity index (χ3v) is 7.64. The molecule has 13 nitrogen and oxygen atoms in total. The summed E-state index contributed by atoms with van der Waals surface area (Å²) in [6.45, 7) is 6.80. The molecule has 0 amide bonds. The van der Waals surface area contributed by atoms with Crippen LogP contribution in [0, 0.1) is 0 Å². The van der Waals surface area contributed by atoms with E-state index in [9.17, 15) is 14.7 Å². The Bertz CT molecular complexity index is 1600. The van der Waals surface area contributed by atoms with Crippen LogP contribution in [0.4, 0.5) is 17.3 Å². The summed E-state index contributed by atoms with van der Waals surface area (Å²) in [5.41, 5.74) is 2.79. The van der Waals surface area contributed by atoms with E-state index in [1.807, 2.05) is 30.7 Å². The first kappa shape index (κ1) is 29.2. The number of pyridine rings is 1. The van der Waals surface area contributed by atoms with Gasteiger partial charge in [-0.25, -0.2) is 15.0 Å². The SMILES string of the molecule is C[C@@H](CCO)Nc1cc(Nc2ccnc(-c3c[nH]n(C)c3=O)n2)ncc1C(=O)c1ccc(CN2CCN(C)CC2)n1C. The monoisotopic (exact) mass is 574 g/mol. The number of aryl methyl sites for hydroxylation is 1. The van der Waals surface area contributed by atoms with Crippen molar-refractivity contribution in [1.29, 1.82) is 0 Å². The van der Waals surface area contributed by atoms with Crippen LogP contribution in [0.3, 0.4) is 0 Å². The molecule has 1 aliphatic heterocycles. The Morgan fingerprint density at radius 1 is 1.10 bits per heavy atom. The fourth-order valence-electron chi connectivity index (χ4n) is 4.98. The number of hydrogen-bond donors (Lipinski definition) is 4. The smallest absolute Gasteiger partial charge is 0.277 e. The van der Waals surface area contributed by atoms with Gasteiger partial charge in [-0.3, -0.25) is 19.2 Å². The zero-order valence-corrected chi connectivity index (χ0v) is 24.5. The molecule has 0 saturated carbocycles. The Balaban J connectivity index is 1.40. The highest BCUT2D eigenvalue weighted by Crippen LogP contribution is 2.26. The van der Waals surface area contributed by atoms with E-state index >= 15 is 0 Å². The van der Waals surface area contributed by atoms with Crippen LogP contribution < -0.4 is 16.2 Å². The molecule has 0 spiro atoms. The van der Waals surface area contributed by atoms with Gasteiger partial charge in [0.2, 0.25) is 5.78 Å². The van der Waals surface area contributed by atoms with Crippen molar-refractivity contribution in [2.75, 3.05) is 50.5 Å². The van der Waals surface area contributed by atoms with Crippen molar-refractivity contribution >= 4 is 23.1 Å². The largest absolute Gasteiger partial charge is 0.396 e. The molecule has 0 unspecified atom stereocenters. The number of ketones is 1. The molecule has 4 aromatic rings. The van der Waals surface area contributed by atoms with Crippen molar-refractivity contribution < 1.29 is 9.90 Å². The van der Waals surface area contributed by atoms with Crippen LogP contribution in [0.2, 0.25) is 0 Å². The Kier molecular flexibility index (Phi) is 8.80. The second-order valence-electron chi connectivity index (χ2n) is 10.8. The van der Waals surface area contributed by atoms with Crippen LogP contribution in [0.25, 0.3) is 11.4 Å². The highest BCUT2D eigenvalue weighted by atomic mass is 16.3. The maximum atomic E-state index is 13.8. The lowest BCUT2D eigenvalue weighted by Gasteiger charge is -2.32. The number of nitrogens with zero attached hydrogens (tertiary/aromatic N) is 7. The molecule has 1 fully saturated rings. The molecule has 0 bridgehead atoms. The first-order valence-corrected chi connectivity index (χ1v) is 14.1. The van der Waals surface area contributed by atoms with Gasteiger partial charge in [-0.05, 0) is 38.6 Å². The number of rotatable bonds is 11. The van der Waals surface area contributed by atoms with Gasteiger partial charge in [-0.15, -0.1) is 0 Å². The first-order chi connectivity index (χ1) is 20.2. The molecule has 4 N–H and O–H groups in total. The predicted octanol–water partition coefficient (Wildman–Crippen LogP) is 1.81. The van der Waals surface area contributed by atoms with Gasteiger partial charge < -0.3 is 30.3 Å². The summed E-state index contributed by atoms with van der Waals surface area (Å²) < 4.78 is 3.31. The van der Waals surface area contributed by atoms with E-state index in [0.717, 1.165) is 38.4 Å². The van der Waals surface area contributed by atoms with Gasteiger partial charge >= 0.3 is 0 Å². The Labute approximate surface area is 244 Å². The molecule has 5 heterocycles. The molecule has 0 aromatic carbocycles. The van der Waals surface area contributed by atoms with Crippen molar-refractivity contribution in [2.45, 2.75) is 25.9 Å². The summed E-state index contributed by atoms with van der Waals surface area (Å²) in [6, 6.07) is 7.23. The van der Waals surface area contributed by atoms with Crippen LogP contribution >= 0.6 is 0 Å². The average Bonchev–Trinajstić information content (AvgIpc) is 3.50. The summed E-state index contributed by atoms with van der Waals surface area (Å²) in [5, 5.41) is 18.8.